The number of aliphatic imine (C=N–C) groups is 1. The number of amides is 1. The highest BCUT2D eigenvalue weighted by atomic mass is 16.2. The molecular formula is C20H22N2O. The molecule has 0 atom stereocenters. The Morgan fingerprint density at radius 3 is 2.43 bits per heavy atom. The number of aryl methyl sites for hydroxylation is 2. The van der Waals surface area contributed by atoms with Crippen LogP contribution in [-0.4, -0.2) is 24.2 Å². The molecule has 0 spiro atoms. The van der Waals surface area contributed by atoms with Crippen LogP contribution in [-0.2, 0) is 4.79 Å². The third-order valence-corrected chi connectivity index (χ3v) is 4.15. The predicted molar refractivity (Wildman–Crippen MR) is 95.5 cm³/mol. The summed E-state index contributed by atoms with van der Waals surface area (Å²) in [6, 6.07) is 14.5. The summed E-state index contributed by atoms with van der Waals surface area (Å²) < 4.78 is 0. The Kier molecular flexibility index (Phi) is 4.03. The number of carbonyl (C=O) groups is 1. The van der Waals surface area contributed by atoms with Gasteiger partial charge in [0.25, 0.3) is 0 Å². The summed E-state index contributed by atoms with van der Waals surface area (Å²) in [6.07, 6.45) is 0. The number of carbonyl (C=O) groups excluding carboxylic acids is 1. The minimum Gasteiger partial charge on any atom is -0.307 e. The highest BCUT2D eigenvalue weighted by Crippen LogP contribution is 2.32. The molecule has 3 heteroatoms. The fraction of sp³-hybridized carbons (Fsp3) is 0.300. The molecule has 0 unspecified atom stereocenters. The van der Waals surface area contributed by atoms with E-state index >= 15 is 0 Å². The second-order valence-electron chi connectivity index (χ2n) is 6.37. The molecule has 0 N–H and O–H groups in total. The van der Waals surface area contributed by atoms with Crippen LogP contribution in [0.2, 0.25) is 0 Å². The Balaban J connectivity index is 2.29. The fourth-order valence-corrected chi connectivity index (χ4v) is 3.28. The largest absolute Gasteiger partial charge is 0.307 e. The van der Waals surface area contributed by atoms with Gasteiger partial charge in [-0.05, 0) is 39.3 Å². The average Bonchev–Trinajstić information content (AvgIpc) is 2.65. The van der Waals surface area contributed by atoms with Crippen molar-refractivity contribution in [1.29, 1.82) is 0 Å². The van der Waals surface area contributed by atoms with Crippen molar-refractivity contribution in [2.75, 3.05) is 11.4 Å². The van der Waals surface area contributed by atoms with Crippen molar-refractivity contribution in [2.24, 2.45) is 4.99 Å². The molecule has 118 valence electrons. The molecule has 23 heavy (non-hydrogen) atoms. The van der Waals surface area contributed by atoms with Crippen LogP contribution >= 0.6 is 0 Å². The summed E-state index contributed by atoms with van der Waals surface area (Å²) in [7, 11) is 0. The molecule has 3 nitrogen and oxygen atoms in total. The zero-order chi connectivity index (χ0) is 16.6. The van der Waals surface area contributed by atoms with Gasteiger partial charge in [0, 0.05) is 17.2 Å². The average molecular weight is 306 g/mol. The fourth-order valence-electron chi connectivity index (χ4n) is 3.28. The summed E-state index contributed by atoms with van der Waals surface area (Å²) in [4.78, 5) is 19.2. The number of anilines is 1. The summed E-state index contributed by atoms with van der Waals surface area (Å²) in [5.74, 6) is 0.0548. The van der Waals surface area contributed by atoms with Gasteiger partial charge in [0.15, 0.2) is 0 Å². The lowest BCUT2D eigenvalue weighted by Gasteiger charge is -2.29. The van der Waals surface area contributed by atoms with Crippen LogP contribution in [0.3, 0.4) is 0 Å². The molecule has 0 saturated heterocycles. The summed E-state index contributed by atoms with van der Waals surface area (Å²) in [6.45, 7) is 8.45. The first-order chi connectivity index (χ1) is 11.0. The molecule has 3 rings (SSSR count). The summed E-state index contributed by atoms with van der Waals surface area (Å²) in [5, 5.41) is 0. The van der Waals surface area contributed by atoms with Crippen molar-refractivity contribution in [1.82, 2.24) is 0 Å². The van der Waals surface area contributed by atoms with Crippen molar-refractivity contribution < 1.29 is 4.79 Å². The number of fused-ring (bicyclic) bond motifs is 1. The summed E-state index contributed by atoms with van der Waals surface area (Å²) in [5.41, 5.74) is 6.31. The highest BCUT2D eigenvalue weighted by molar-refractivity contribution is 6.20. The normalized spacial score (nSPS) is 14.6. The monoisotopic (exact) mass is 306 g/mol. The number of nitrogens with zero attached hydrogens (tertiary/aromatic N) is 2. The van der Waals surface area contributed by atoms with Gasteiger partial charge in [-0.15, -0.1) is 0 Å². The molecule has 1 aliphatic rings. The van der Waals surface area contributed by atoms with E-state index in [1.807, 2.05) is 23.1 Å². The molecule has 0 bridgehead atoms. The number of hydrogen-bond acceptors (Lipinski definition) is 2. The van der Waals surface area contributed by atoms with Crippen LogP contribution in [0.5, 0.6) is 0 Å². The Morgan fingerprint density at radius 1 is 1.09 bits per heavy atom. The third kappa shape index (κ3) is 2.79. The van der Waals surface area contributed by atoms with E-state index < -0.39 is 0 Å². The Labute approximate surface area is 137 Å². The second-order valence-corrected chi connectivity index (χ2v) is 6.37. The first-order valence-electron chi connectivity index (χ1n) is 8.02. The SMILES string of the molecule is Cc1cc(C)c2c(c1)C(c1ccccc1)=NCC(=O)N2C(C)C. The molecule has 2 aromatic carbocycles. The van der Waals surface area contributed by atoms with Crippen LogP contribution < -0.4 is 4.90 Å². The Bertz CT molecular complexity index is 776. The van der Waals surface area contributed by atoms with E-state index in [-0.39, 0.29) is 18.5 Å². The van der Waals surface area contributed by atoms with Crippen molar-refractivity contribution in [3.63, 3.8) is 0 Å². The molecule has 1 aliphatic heterocycles. The standard InChI is InChI=1S/C20H22N2O/c1-13(2)22-18(23)12-21-19(16-8-6-5-7-9-16)17-11-14(3)10-15(4)20(17)22/h5-11,13H,12H2,1-4H3. The van der Waals surface area contributed by atoms with E-state index in [4.69, 9.17) is 0 Å². The molecule has 0 saturated carbocycles. The van der Waals surface area contributed by atoms with Gasteiger partial charge in [-0.3, -0.25) is 9.79 Å². The zero-order valence-corrected chi connectivity index (χ0v) is 14.1. The lowest BCUT2D eigenvalue weighted by atomic mass is 9.95. The minimum atomic E-state index is 0.0548. The van der Waals surface area contributed by atoms with E-state index in [2.05, 4.69) is 57.0 Å². The van der Waals surface area contributed by atoms with E-state index in [0.717, 1.165) is 28.1 Å². The molecule has 0 aliphatic carbocycles. The van der Waals surface area contributed by atoms with Crippen LogP contribution in [0.15, 0.2) is 47.5 Å². The lowest BCUT2D eigenvalue weighted by molar-refractivity contribution is -0.117. The van der Waals surface area contributed by atoms with Gasteiger partial charge in [0.2, 0.25) is 5.91 Å². The number of rotatable bonds is 2. The van der Waals surface area contributed by atoms with Gasteiger partial charge in [0.05, 0.1) is 11.4 Å². The number of benzodiazepines with no additional fused rings is 1. The highest BCUT2D eigenvalue weighted by Gasteiger charge is 2.28. The molecule has 0 fully saturated rings. The van der Waals surface area contributed by atoms with E-state index in [0.29, 0.717) is 0 Å². The quantitative estimate of drug-likeness (QED) is 0.828. The zero-order valence-electron chi connectivity index (χ0n) is 14.1. The van der Waals surface area contributed by atoms with Crippen LogP contribution in [0.4, 0.5) is 5.69 Å². The van der Waals surface area contributed by atoms with Crippen molar-refractivity contribution in [2.45, 2.75) is 33.7 Å². The van der Waals surface area contributed by atoms with E-state index in [9.17, 15) is 4.79 Å². The smallest absolute Gasteiger partial charge is 0.248 e. The first kappa shape index (κ1) is 15.5. The van der Waals surface area contributed by atoms with Crippen molar-refractivity contribution >= 4 is 17.3 Å². The maximum atomic E-state index is 12.7. The number of hydrogen-bond donors (Lipinski definition) is 0. The molecule has 0 radical (unpaired) electrons. The van der Waals surface area contributed by atoms with Gasteiger partial charge >= 0.3 is 0 Å². The Hall–Kier alpha value is -2.42. The van der Waals surface area contributed by atoms with E-state index in [1.54, 1.807) is 0 Å². The predicted octanol–water partition coefficient (Wildman–Crippen LogP) is 3.90. The van der Waals surface area contributed by atoms with Crippen molar-refractivity contribution in [3.05, 3.63) is 64.7 Å². The topological polar surface area (TPSA) is 32.7 Å². The molecule has 1 heterocycles. The van der Waals surface area contributed by atoms with Gasteiger partial charge in [0.1, 0.15) is 6.54 Å². The van der Waals surface area contributed by atoms with E-state index in [1.165, 1.54) is 5.56 Å². The Morgan fingerprint density at radius 2 is 1.78 bits per heavy atom. The van der Waals surface area contributed by atoms with Gasteiger partial charge in [-0.1, -0.05) is 42.0 Å². The third-order valence-electron chi connectivity index (χ3n) is 4.15. The minimum absolute atomic E-state index is 0.0548. The molecule has 1 amide bonds. The lowest BCUT2D eigenvalue weighted by Crippen LogP contribution is -2.38. The summed E-state index contributed by atoms with van der Waals surface area (Å²) >= 11 is 0. The van der Waals surface area contributed by atoms with Gasteiger partial charge in [-0.2, -0.15) is 0 Å². The van der Waals surface area contributed by atoms with Gasteiger partial charge in [-0.25, -0.2) is 0 Å². The van der Waals surface area contributed by atoms with Crippen LogP contribution in [0.25, 0.3) is 0 Å². The number of benzene rings is 2. The molecule has 0 aromatic heterocycles. The molecule has 2 aromatic rings. The second kappa shape index (κ2) is 5.99. The molecular weight excluding hydrogens is 284 g/mol. The first-order valence-corrected chi connectivity index (χ1v) is 8.02. The van der Waals surface area contributed by atoms with Crippen LogP contribution in [0.1, 0.15) is 36.1 Å². The van der Waals surface area contributed by atoms with Gasteiger partial charge < -0.3 is 4.90 Å². The van der Waals surface area contributed by atoms with Crippen LogP contribution in [0, 0.1) is 13.8 Å². The van der Waals surface area contributed by atoms with Crippen molar-refractivity contribution in [3.8, 4) is 0 Å². The maximum Gasteiger partial charge on any atom is 0.248 e. The maximum absolute atomic E-state index is 12.7.